The first-order valence-corrected chi connectivity index (χ1v) is 4.53. The zero-order valence-corrected chi connectivity index (χ0v) is 7.78. The van der Waals surface area contributed by atoms with Crippen LogP contribution in [0.3, 0.4) is 0 Å². The van der Waals surface area contributed by atoms with E-state index < -0.39 is 0 Å². The Kier molecular flexibility index (Phi) is 2.18. The fraction of sp³-hybridized carbons (Fsp3) is 0.125. The van der Waals surface area contributed by atoms with E-state index in [1.54, 1.807) is 19.5 Å². The lowest BCUT2D eigenvalue weighted by atomic mass is 10.3. The van der Waals surface area contributed by atoms with Gasteiger partial charge in [0.05, 0.1) is 12.7 Å². The van der Waals surface area contributed by atoms with Crippen LogP contribution in [0.15, 0.2) is 24.1 Å². The first-order valence-electron chi connectivity index (χ1n) is 3.65. The normalized spacial score (nSPS) is 9.92. The van der Waals surface area contributed by atoms with Gasteiger partial charge in [-0.05, 0) is 0 Å². The van der Waals surface area contributed by atoms with Gasteiger partial charge in [0.1, 0.15) is 11.3 Å². The molecule has 0 spiro atoms. The van der Waals surface area contributed by atoms with Crippen molar-refractivity contribution in [3.05, 3.63) is 24.1 Å². The zero-order valence-electron chi connectivity index (χ0n) is 6.97. The Morgan fingerprint density at radius 2 is 2.31 bits per heavy atom. The summed E-state index contributed by atoms with van der Waals surface area (Å²) in [5, 5.41) is 2.78. The van der Waals surface area contributed by atoms with Gasteiger partial charge in [0.2, 0.25) is 5.88 Å². The van der Waals surface area contributed by atoms with Crippen LogP contribution in [0.5, 0.6) is 5.88 Å². The highest BCUT2D eigenvalue weighted by Crippen LogP contribution is 2.27. The van der Waals surface area contributed by atoms with Gasteiger partial charge < -0.3 is 4.74 Å². The monoisotopic (exact) mass is 193 g/mol. The van der Waals surface area contributed by atoms with Crippen molar-refractivity contribution in [2.45, 2.75) is 0 Å². The minimum Gasteiger partial charge on any atom is -0.480 e. The first kappa shape index (κ1) is 8.12. The van der Waals surface area contributed by atoms with Gasteiger partial charge in [-0.2, -0.15) is 0 Å². The Morgan fingerprint density at radius 3 is 3.00 bits per heavy atom. The van der Waals surface area contributed by atoms with Crippen molar-refractivity contribution in [2.24, 2.45) is 0 Å². The second kappa shape index (κ2) is 3.49. The number of aromatic nitrogens is 3. The zero-order chi connectivity index (χ0) is 9.10. The lowest BCUT2D eigenvalue weighted by Crippen LogP contribution is -1.91. The molecular weight excluding hydrogens is 186 g/mol. The van der Waals surface area contributed by atoms with Gasteiger partial charge in [-0.3, -0.25) is 0 Å². The molecule has 13 heavy (non-hydrogen) atoms. The number of hydrogen-bond acceptors (Lipinski definition) is 5. The molecule has 0 saturated heterocycles. The predicted octanol–water partition coefficient (Wildman–Crippen LogP) is 1.61. The van der Waals surface area contributed by atoms with E-state index in [0.29, 0.717) is 5.88 Å². The van der Waals surface area contributed by atoms with Crippen LogP contribution in [0.25, 0.3) is 10.6 Å². The van der Waals surface area contributed by atoms with Crippen LogP contribution in [-0.4, -0.2) is 22.1 Å². The number of methoxy groups -OCH3 is 1. The number of thiazole rings is 1. The quantitative estimate of drug-likeness (QED) is 0.727. The highest BCUT2D eigenvalue weighted by molar-refractivity contribution is 7.13. The Bertz CT molecular complexity index is 388. The summed E-state index contributed by atoms with van der Waals surface area (Å²) < 4.78 is 5.08. The molecule has 0 aromatic carbocycles. The van der Waals surface area contributed by atoms with E-state index in [9.17, 15) is 0 Å². The van der Waals surface area contributed by atoms with Crippen molar-refractivity contribution in [3.63, 3.8) is 0 Å². The summed E-state index contributed by atoms with van der Waals surface area (Å²) in [7, 11) is 1.58. The van der Waals surface area contributed by atoms with Crippen molar-refractivity contribution >= 4 is 11.3 Å². The van der Waals surface area contributed by atoms with Crippen LogP contribution < -0.4 is 4.74 Å². The lowest BCUT2D eigenvalue weighted by molar-refractivity contribution is 0.398. The largest absolute Gasteiger partial charge is 0.480 e. The maximum atomic E-state index is 5.08. The predicted molar refractivity (Wildman–Crippen MR) is 49.7 cm³/mol. The fourth-order valence-corrected chi connectivity index (χ4v) is 1.62. The molecule has 5 heteroatoms. The molecule has 4 nitrogen and oxygen atoms in total. The summed E-state index contributed by atoms with van der Waals surface area (Å²) in [4.78, 5) is 12.1. The van der Waals surface area contributed by atoms with E-state index in [0.717, 1.165) is 10.6 Å². The molecule has 0 aliphatic carbocycles. The summed E-state index contributed by atoms with van der Waals surface area (Å²) in [6.45, 7) is 0. The molecule has 0 radical (unpaired) electrons. The van der Waals surface area contributed by atoms with Crippen LogP contribution in [0.2, 0.25) is 0 Å². The minimum atomic E-state index is 0.560. The molecule has 0 unspecified atom stereocenters. The Balaban J connectivity index is 2.51. The second-order valence-electron chi connectivity index (χ2n) is 2.28. The SMILES string of the molecule is COc1ncncc1-c1nccs1. The summed E-state index contributed by atoms with van der Waals surface area (Å²) in [6, 6.07) is 0. The number of hydrogen-bond donors (Lipinski definition) is 0. The fourth-order valence-electron chi connectivity index (χ4n) is 0.984. The molecule has 0 aliphatic rings. The average Bonchev–Trinajstić information content (AvgIpc) is 2.70. The van der Waals surface area contributed by atoms with Gasteiger partial charge in [0.25, 0.3) is 0 Å². The van der Waals surface area contributed by atoms with Gasteiger partial charge in [0, 0.05) is 17.8 Å². The van der Waals surface area contributed by atoms with Crippen LogP contribution in [0.1, 0.15) is 0 Å². The van der Waals surface area contributed by atoms with E-state index >= 15 is 0 Å². The molecule has 0 atom stereocenters. The molecule has 0 saturated carbocycles. The molecule has 0 aliphatic heterocycles. The molecule has 0 bridgehead atoms. The maximum absolute atomic E-state index is 5.08. The molecule has 2 aromatic rings. The minimum absolute atomic E-state index is 0.560. The number of nitrogens with zero attached hydrogens (tertiary/aromatic N) is 3. The second-order valence-corrected chi connectivity index (χ2v) is 3.18. The van der Waals surface area contributed by atoms with Gasteiger partial charge in [0.15, 0.2) is 0 Å². The van der Waals surface area contributed by atoms with Gasteiger partial charge in [-0.15, -0.1) is 11.3 Å². The molecule has 0 fully saturated rings. The topological polar surface area (TPSA) is 47.9 Å². The van der Waals surface area contributed by atoms with E-state index in [-0.39, 0.29) is 0 Å². The third-order valence-corrected chi connectivity index (χ3v) is 2.34. The standard InChI is InChI=1S/C8H7N3OS/c1-12-7-6(4-9-5-11-7)8-10-2-3-13-8/h2-5H,1H3. The Labute approximate surface area is 79.3 Å². The number of rotatable bonds is 2. The first-order chi connectivity index (χ1) is 6.42. The molecule has 2 aromatic heterocycles. The highest BCUT2D eigenvalue weighted by atomic mass is 32.1. The van der Waals surface area contributed by atoms with Crippen LogP contribution in [-0.2, 0) is 0 Å². The third kappa shape index (κ3) is 1.50. The Hall–Kier alpha value is -1.49. The van der Waals surface area contributed by atoms with Gasteiger partial charge in [-0.25, -0.2) is 15.0 Å². The highest BCUT2D eigenvalue weighted by Gasteiger charge is 2.08. The summed E-state index contributed by atoms with van der Waals surface area (Å²) in [5.74, 6) is 0.560. The van der Waals surface area contributed by atoms with Gasteiger partial charge >= 0.3 is 0 Å². The van der Waals surface area contributed by atoms with Crippen molar-refractivity contribution < 1.29 is 4.74 Å². The summed E-state index contributed by atoms with van der Waals surface area (Å²) >= 11 is 1.53. The Morgan fingerprint density at radius 1 is 1.38 bits per heavy atom. The van der Waals surface area contributed by atoms with Crippen molar-refractivity contribution in [3.8, 4) is 16.5 Å². The van der Waals surface area contributed by atoms with E-state index in [2.05, 4.69) is 15.0 Å². The van der Waals surface area contributed by atoms with Gasteiger partial charge in [-0.1, -0.05) is 0 Å². The summed E-state index contributed by atoms with van der Waals surface area (Å²) in [6.07, 6.45) is 4.90. The average molecular weight is 193 g/mol. The molecule has 0 amide bonds. The molecule has 66 valence electrons. The smallest absolute Gasteiger partial charge is 0.226 e. The maximum Gasteiger partial charge on any atom is 0.226 e. The third-order valence-electron chi connectivity index (χ3n) is 1.53. The molecule has 0 N–H and O–H groups in total. The van der Waals surface area contributed by atoms with Crippen LogP contribution in [0.4, 0.5) is 0 Å². The van der Waals surface area contributed by atoms with Crippen molar-refractivity contribution in [1.29, 1.82) is 0 Å². The van der Waals surface area contributed by atoms with Crippen LogP contribution >= 0.6 is 11.3 Å². The van der Waals surface area contributed by atoms with E-state index in [1.807, 2.05) is 5.38 Å². The van der Waals surface area contributed by atoms with Crippen molar-refractivity contribution in [1.82, 2.24) is 15.0 Å². The summed E-state index contributed by atoms with van der Waals surface area (Å²) in [5.41, 5.74) is 0.833. The molecule has 2 rings (SSSR count). The number of ether oxygens (including phenoxy) is 1. The van der Waals surface area contributed by atoms with Crippen molar-refractivity contribution in [2.75, 3.05) is 7.11 Å². The van der Waals surface area contributed by atoms with Crippen LogP contribution in [0, 0.1) is 0 Å². The van der Waals surface area contributed by atoms with E-state index in [4.69, 9.17) is 4.74 Å². The molecular formula is C8H7N3OS. The lowest BCUT2D eigenvalue weighted by Gasteiger charge is -2.01. The van der Waals surface area contributed by atoms with E-state index in [1.165, 1.54) is 17.7 Å². The molecule has 2 heterocycles.